The van der Waals surface area contributed by atoms with Gasteiger partial charge in [0.25, 0.3) is 0 Å². The van der Waals surface area contributed by atoms with Crippen LogP contribution in [0.3, 0.4) is 0 Å². The topological polar surface area (TPSA) is 66.0 Å². The maximum Gasteiger partial charge on any atom is 0.179 e. The summed E-state index contributed by atoms with van der Waals surface area (Å²) in [6.07, 6.45) is 2.37. The number of nitrogens with zero attached hydrogens (tertiary/aromatic N) is 4. The van der Waals surface area contributed by atoms with Gasteiger partial charge in [0.1, 0.15) is 6.07 Å². The van der Waals surface area contributed by atoms with Gasteiger partial charge in [0, 0.05) is 5.69 Å². The summed E-state index contributed by atoms with van der Waals surface area (Å²) >= 11 is 0. The van der Waals surface area contributed by atoms with Gasteiger partial charge in [-0.25, -0.2) is 9.50 Å². The molecule has 20 heavy (non-hydrogen) atoms. The van der Waals surface area contributed by atoms with Crippen molar-refractivity contribution in [1.82, 2.24) is 14.6 Å². The smallest absolute Gasteiger partial charge is 0.179 e. The Labute approximate surface area is 116 Å². The van der Waals surface area contributed by atoms with E-state index in [2.05, 4.69) is 21.5 Å². The first-order valence-corrected chi connectivity index (χ1v) is 6.42. The van der Waals surface area contributed by atoms with Crippen molar-refractivity contribution in [3.8, 4) is 6.07 Å². The van der Waals surface area contributed by atoms with Crippen molar-refractivity contribution in [2.24, 2.45) is 0 Å². The highest BCUT2D eigenvalue weighted by Gasteiger charge is 2.14. The Bertz CT molecular complexity index is 783. The van der Waals surface area contributed by atoms with Crippen molar-refractivity contribution in [2.75, 3.05) is 5.32 Å². The number of nitriles is 1. The number of aromatic nitrogens is 3. The van der Waals surface area contributed by atoms with E-state index in [1.807, 2.05) is 43.3 Å². The summed E-state index contributed by atoms with van der Waals surface area (Å²) in [6, 6.07) is 13.9. The molecule has 0 saturated carbocycles. The van der Waals surface area contributed by atoms with E-state index < -0.39 is 0 Å². The zero-order valence-electron chi connectivity index (χ0n) is 11.0. The van der Waals surface area contributed by atoms with Crippen molar-refractivity contribution in [3.63, 3.8) is 0 Å². The van der Waals surface area contributed by atoms with Gasteiger partial charge >= 0.3 is 0 Å². The van der Waals surface area contributed by atoms with Crippen molar-refractivity contribution in [2.45, 2.75) is 13.3 Å². The van der Waals surface area contributed by atoms with Gasteiger partial charge in [0.2, 0.25) is 0 Å². The minimum atomic E-state index is 0.499. The lowest BCUT2D eigenvalue weighted by Gasteiger charge is -2.06. The van der Waals surface area contributed by atoms with Crippen LogP contribution in [0.25, 0.3) is 5.65 Å². The van der Waals surface area contributed by atoms with Gasteiger partial charge in [-0.3, -0.25) is 0 Å². The highest BCUT2D eigenvalue weighted by Crippen LogP contribution is 2.22. The molecule has 0 atom stereocenters. The van der Waals surface area contributed by atoms with Gasteiger partial charge in [0.15, 0.2) is 11.3 Å². The van der Waals surface area contributed by atoms with Crippen LogP contribution in [-0.2, 0) is 6.42 Å². The Morgan fingerprint density at radius 2 is 2.05 bits per heavy atom. The molecule has 0 bridgehead atoms. The van der Waals surface area contributed by atoms with Gasteiger partial charge < -0.3 is 5.32 Å². The quantitative estimate of drug-likeness (QED) is 0.789. The number of hydrogen-bond acceptors (Lipinski definition) is 4. The number of para-hydroxylation sites is 1. The summed E-state index contributed by atoms with van der Waals surface area (Å²) in [5.41, 5.74) is 3.74. The molecule has 3 rings (SSSR count). The molecule has 2 aromatic heterocycles. The molecule has 0 fully saturated rings. The molecule has 0 radical (unpaired) electrons. The van der Waals surface area contributed by atoms with Crippen molar-refractivity contribution in [3.05, 3.63) is 54.0 Å². The molecule has 1 N–H and O–H groups in total. The number of fused-ring (bicyclic) bond motifs is 1. The number of nitrogens with one attached hydrogen (secondary N) is 1. The summed E-state index contributed by atoms with van der Waals surface area (Å²) in [6.45, 7) is 1.98. The Morgan fingerprint density at radius 3 is 2.75 bits per heavy atom. The molecular weight excluding hydrogens is 250 g/mol. The van der Waals surface area contributed by atoms with Gasteiger partial charge in [-0.1, -0.05) is 25.1 Å². The zero-order valence-corrected chi connectivity index (χ0v) is 11.0. The van der Waals surface area contributed by atoms with Gasteiger partial charge in [-0.05, 0) is 24.6 Å². The zero-order chi connectivity index (χ0) is 13.9. The van der Waals surface area contributed by atoms with E-state index in [-0.39, 0.29) is 0 Å². The highest BCUT2D eigenvalue weighted by atomic mass is 15.3. The van der Waals surface area contributed by atoms with Gasteiger partial charge in [-0.2, -0.15) is 10.4 Å². The van der Waals surface area contributed by atoms with E-state index in [1.54, 1.807) is 10.7 Å². The average molecular weight is 263 g/mol. The third-order valence-corrected chi connectivity index (χ3v) is 3.08. The van der Waals surface area contributed by atoms with Crippen LogP contribution in [0.2, 0.25) is 0 Å². The molecule has 0 spiro atoms. The standard InChI is InChI=1S/C15H13N5/c1-2-12-14(10-16)20-15(19-12)13(8-9-17-20)18-11-6-4-3-5-7-11/h3-9,18H,2H2,1H3. The van der Waals surface area contributed by atoms with Gasteiger partial charge in [-0.15, -0.1) is 0 Å². The third kappa shape index (κ3) is 1.97. The molecule has 0 amide bonds. The lowest BCUT2D eigenvalue weighted by Crippen LogP contribution is -1.99. The largest absolute Gasteiger partial charge is 0.352 e. The van der Waals surface area contributed by atoms with E-state index in [9.17, 15) is 5.26 Å². The van der Waals surface area contributed by atoms with E-state index in [0.29, 0.717) is 17.8 Å². The number of imidazole rings is 1. The Morgan fingerprint density at radius 1 is 1.25 bits per heavy atom. The summed E-state index contributed by atoms with van der Waals surface area (Å²) in [5, 5.41) is 16.8. The molecule has 0 aliphatic heterocycles. The first kappa shape index (κ1) is 12.2. The predicted octanol–water partition coefficient (Wildman–Crippen LogP) is 2.91. The molecule has 2 heterocycles. The summed E-state index contributed by atoms with van der Waals surface area (Å²) in [5.74, 6) is 0. The van der Waals surface area contributed by atoms with Crippen LogP contribution in [0.1, 0.15) is 18.3 Å². The average Bonchev–Trinajstić information content (AvgIpc) is 2.87. The number of rotatable bonds is 3. The first-order valence-electron chi connectivity index (χ1n) is 6.42. The molecule has 0 saturated heterocycles. The van der Waals surface area contributed by atoms with Crippen LogP contribution in [0, 0.1) is 11.3 Å². The number of aryl methyl sites for hydroxylation is 1. The Hall–Kier alpha value is -2.87. The molecule has 98 valence electrons. The molecule has 1 aromatic carbocycles. The van der Waals surface area contributed by atoms with Gasteiger partial charge in [0.05, 0.1) is 17.6 Å². The fraction of sp³-hybridized carbons (Fsp3) is 0.133. The minimum Gasteiger partial charge on any atom is -0.352 e. The fourth-order valence-electron chi connectivity index (χ4n) is 2.13. The van der Waals surface area contributed by atoms with E-state index in [0.717, 1.165) is 17.1 Å². The SMILES string of the molecule is CCc1nc2c(Nc3ccccc3)ccnn2c1C#N. The Balaban J connectivity index is 2.13. The highest BCUT2D eigenvalue weighted by molar-refractivity contribution is 5.74. The van der Waals surface area contributed by atoms with Crippen LogP contribution in [-0.4, -0.2) is 14.6 Å². The van der Waals surface area contributed by atoms with E-state index in [4.69, 9.17) is 0 Å². The van der Waals surface area contributed by atoms with E-state index in [1.165, 1.54) is 0 Å². The van der Waals surface area contributed by atoms with Crippen molar-refractivity contribution >= 4 is 17.0 Å². The monoisotopic (exact) mass is 263 g/mol. The molecule has 0 unspecified atom stereocenters. The second-order valence-corrected chi connectivity index (χ2v) is 4.34. The summed E-state index contributed by atoms with van der Waals surface area (Å²) in [7, 11) is 0. The van der Waals surface area contributed by atoms with Crippen LogP contribution in [0.4, 0.5) is 11.4 Å². The third-order valence-electron chi connectivity index (χ3n) is 3.08. The molecule has 5 nitrogen and oxygen atoms in total. The lowest BCUT2D eigenvalue weighted by molar-refractivity contribution is 0.914. The summed E-state index contributed by atoms with van der Waals surface area (Å²) in [4.78, 5) is 4.51. The summed E-state index contributed by atoms with van der Waals surface area (Å²) < 4.78 is 1.59. The molecular formula is C15H13N5. The van der Waals surface area contributed by atoms with Crippen molar-refractivity contribution in [1.29, 1.82) is 5.26 Å². The normalized spacial score (nSPS) is 10.4. The molecule has 0 aliphatic rings. The van der Waals surface area contributed by atoms with Crippen LogP contribution < -0.4 is 5.32 Å². The predicted molar refractivity (Wildman–Crippen MR) is 76.8 cm³/mol. The van der Waals surface area contributed by atoms with E-state index >= 15 is 0 Å². The van der Waals surface area contributed by atoms with Crippen molar-refractivity contribution < 1.29 is 0 Å². The molecule has 3 aromatic rings. The lowest BCUT2D eigenvalue weighted by atomic mass is 10.3. The van der Waals surface area contributed by atoms with Crippen LogP contribution in [0.15, 0.2) is 42.6 Å². The van der Waals surface area contributed by atoms with Crippen LogP contribution in [0.5, 0.6) is 0 Å². The second-order valence-electron chi connectivity index (χ2n) is 4.34. The minimum absolute atomic E-state index is 0.499. The fourth-order valence-corrected chi connectivity index (χ4v) is 2.13. The number of hydrogen-bond donors (Lipinski definition) is 1. The maximum atomic E-state index is 9.25. The number of anilines is 2. The second kappa shape index (κ2) is 5.02. The molecule has 5 heteroatoms. The molecule has 0 aliphatic carbocycles. The first-order chi connectivity index (χ1) is 9.83. The Kier molecular flexibility index (Phi) is 3.05. The van der Waals surface area contributed by atoms with Crippen LogP contribution >= 0.6 is 0 Å². The maximum absolute atomic E-state index is 9.25. The number of benzene rings is 1.